The van der Waals surface area contributed by atoms with Crippen molar-refractivity contribution in [3.63, 3.8) is 0 Å². The summed E-state index contributed by atoms with van der Waals surface area (Å²) in [6.45, 7) is 2.32. The molecule has 0 saturated carbocycles. The van der Waals surface area contributed by atoms with Gasteiger partial charge in [-0.05, 0) is 42.4 Å². The fourth-order valence-electron chi connectivity index (χ4n) is 1.44. The lowest BCUT2D eigenvalue weighted by atomic mass is 9.89. The first-order chi connectivity index (χ1) is 5.34. The van der Waals surface area contributed by atoms with Crippen molar-refractivity contribution in [2.75, 3.05) is 6.26 Å². The van der Waals surface area contributed by atoms with E-state index in [1.54, 1.807) is 11.8 Å². The minimum absolute atomic E-state index is 0.784. The molecule has 11 heavy (non-hydrogen) atoms. The average molecular weight is 168 g/mol. The Kier molecular flexibility index (Phi) is 3.78. The van der Waals surface area contributed by atoms with Gasteiger partial charge in [0, 0.05) is 0 Å². The molecule has 1 aliphatic carbocycles. The van der Waals surface area contributed by atoms with Gasteiger partial charge in [-0.3, -0.25) is 0 Å². The van der Waals surface area contributed by atoms with Gasteiger partial charge in [0.25, 0.3) is 0 Å². The zero-order chi connectivity index (χ0) is 8.10. The van der Waals surface area contributed by atoms with Crippen molar-refractivity contribution >= 4 is 11.8 Å². The number of hydrogen-bond acceptors (Lipinski definition) is 1. The third-order valence-corrected chi connectivity index (χ3v) is 2.60. The Bertz CT molecular complexity index is 168. The Morgan fingerprint density at radius 2 is 2.45 bits per heavy atom. The summed E-state index contributed by atoms with van der Waals surface area (Å²) in [5, 5.41) is 2.17. The Labute approximate surface area is 73.8 Å². The van der Waals surface area contributed by atoms with Gasteiger partial charge in [-0.15, -0.1) is 11.8 Å². The van der Waals surface area contributed by atoms with Gasteiger partial charge in [0.05, 0.1) is 0 Å². The molecule has 0 aliphatic heterocycles. The van der Waals surface area contributed by atoms with Gasteiger partial charge in [-0.25, -0.2) is 0 Å². The molecule has 0 radical (unpaired) electrons. The Balaban J connectivity index is 2.53. The summed E-state index contributed by atoms with van der Waals surface area (Å²) in [5.74, 6) is 0.784. The molecule has 0 spiro atoms. The van der Waals surface area contributed by atoms with Gasteiger partial charge in [0.1, 0.15) is 0 Å². The fourth-order valence-corrected chi connectivity index (χ4v) is 1.73. The van der Waals surface area contributed by atoms with Crippen LogP contribution in [0.25, 0.3) is 0 Å². The molecule has 0 nitrogen and oxygen atoms in total. The second-order valence-corrected chi connectivity index (χ2v) is 3.82. The summed E-state index contributed by atoms with van der Waals surface area (Å²) in [6, 6.07) is 0. The lowest BCUT2D eigenvalue weighted by Gasteiger charge is -2.17. The van der Waals surface area contributed by atoms with Crippen molar-refractivity contribution in [1.29, 1.82) is 0 Å². The maximum absolute atomic E-state index is 2.38. The van der Waals surface area contributed by atoms with Crippen LogP contribution < -0.4 is 0 Å². The molecule has 0 saturated heterocycles. The molecule has 0 aromatic heterocycles. The summed E-state index contributed by atoms with van der Waals surface area (Å²) in [4.78, 5) is 0. The number of rotatable bonds is 2. The molecule has 0 aromatic rings. The minimum atomic E-state index is 0.784. The minimum Gasteiger partial charge on any atom is -0.138 e. The van der Waals surface area contributed by atoms with Gasteiger partial charge in [0.15, 0.2) is 0 Å². The van der Waals surface area contributed by atoms with Gasteiger partial charge in [-0.1, -0.05) is 19.1 Å². The van der Waals surface area contributed by atoms with Crippen LogP contribution in [0.15, 0.2) is 23.1 Å². The molecule has 0 N–H and O–H groups in total. The van der Waals surface area contributed by atoms with E-state index < -0.39 is 0 Å². The Morgan fingerprint density at radius 3 is 3.09 bits per heavy atom. The summed E-state index contributed by atoms with van der Waals surface area (Å²) in [6.07, 6.45) is 10.8. The quantitative estimate of drug-likeness (QED) is 0.607. The van der Waals surface area contributed by atoms with E-state index in [4.69, 9.17) is 0 Å². The van der Waals surface area contributed by atoms with Crippen molar-refractivity contribution in [2.45, 2.75) is 26.2 Å². The van der Waals surface area contributed by atoms with Crippen LogP contribution >= 0.6 is 11.8 Å². The third-order valence-electron chi connectivity index (χ3n) is 2.19. The Morgan fingerprint density at radius 1 is 1.64 bits per heavy atom. The van der Waals surface area contributed by atoms with Crippen molar-refractivity contribution in [2.24, 2.45) is 5.92 Å². The van der Waals surface area contributed by atoms with E-state index in [2.05, 4.69) is 30.7 Å². The monoisotopic (exact) mass is 168 g/mol. The molecule has 1 heteroatoms. The summed E-state index contributed by atoms with van der Waals surface area (Å²) < 4.78 is 0. The molecule has 62 valence electrons. The highest BCUT2D eigenvalue weighted by Crippen LogP contribution is 2.25. The van der Waals surface area contributed by atoms with Crippen molar-refractivity contribution < 1.29 is 0 Å². The normalized spacial score (nSPS) is 25.6. The van der Waals surface area contributed by atoms with Gasteiger partial charge < -0.3 is 0 Å². The lowest BCUT2D eigenvalue weighted by molar-refractivity contribution is 0.563. The second-order valence-electron chi connectivity index (χ2n) is 3.07. The number of hydrogen-bond donors (Lipinski definition) is 0. The summed E-state index contributed by atoms with van der Waals surface area (Å²) in [5.41, 5.74) is 1.53. The van der Waals surface area contributed by atoms with Crippen LogP contribution in [0.2, 0.25) is 0 Å². The lowest BCUT2D eigenvalue weighted by Crippen LogP contribution is -2.01. The predicted molar refractivity (Wildman–Crippen MR) is 53.8 cm³/mol. The molecule has 1 aliphatic rings. The molecule has 0 bridgehead atoms. The molecule has 0 amide bonds. The van der Waals surface area contributed by atoms with Crippen LogP contribution in [0.5, 0.6) is 0 Å². The zero-order valence-corrected chi connectivity index (χ0v) is 8.16. The number of allylic oxidation sites excluding steroid dienone is 3. The van der Waals surface area contributed by atoms with Gasteiger partial charge in [-0.2, -0.15) is 0 Å². The molecular formula is C10H16S. The van der Waals surface area contributed by atoms with Crippen LogP contribution in [-0.4, -0.2) is 6.26 Å². The number of thioether (sulfide) groups is 1. The molecule has 1 atom stereocenters. The van der Waals surface area contributed by atoms with Crippen LogP contribution in [0, 0.1) is 5.92 Å². The average Bonchev–Trinajstić information content (AvgIpc) is 2.03. The maximum atomic E-state index is 2.38. The molecular weight excluding hydrogens is 152 g/mol. The maximum Gasteiger partial charge on any atom is -0.0142 e. The first kappa shape index (κ1) is 8.92. The standard InChI is InChI=1S/C10H16S/c1-9-5-3-4-6-10(9)7-8-11-2/h6-9H,3-5H2,1-2H3/b8-7-. The van der Waals surface area contributed by atoms with E-state index in [1.165, 1.54) is 24.8 Å². The van der Waals surface area contributed by atoms with E-state index in [9.17, 15) is 0 Å². The van der Waals surface area contributed by atoms with Crippen LogP contribution in [0.3, 0.4) is 0 Å². The predicted octanol–water partition coefficient (Wildman–Crippen LogP) is 3.61. The largest absolute Gasteiger partial charge is 0.138 e. The Hall–Kier alpha value is -0.170. The molecule has 1 rings (SSSR count). The fraction of sp³-hybridized carbons (Fsp3) is 0.600. The zero-order valence-electron chi connectivity index (χ0n) is 7.34. The highest BCUT2D eigenvalue weighted by Gasteiger charge is 2.09. The summed E-state index contributed by atoms with van der Waals surface area (Å²) >= 11 is 1.78. The van der Waals surface area contributed by atoms with Crippen molar-refractivity contribution in [1.82, 2.24) is 0 Å². The van der Waals surface area contributed by atoms with Gasteiger partial charge >= 0.3 is 0 Å². The first-order valence-corrected chi connectivity index (χ1v) is 5.53. The van der Waals surface area contributed by atoms with Crippen molar-refractivity contribution in [3.05, 3.63) is 23.1 Å². The topological polar surface area (TPSA) is 0 Å². The highest BCUT2D eigenvalue weighted by molar-refractivity contribution is 8.01. The van der Waals surface area contributed by atoms with E-state index in [0.717, 1.165) is 5.92 Å². The van der Waals surface area contributed by atoms with Gasteiger partial charge in [0.2, 0.25) is 0 Å². The van der Waals surface area contributed by atoms with E-state index in [0.29, 0.717) is 0 Å². The smallest absolute Gasteiger partial charge is 0.0142 e. The molecule has 0 fully saturated rings. The van der Waals surface area contributed by atoms with E-state index in [-0.39, 0.29) is 0 Å². The second kappa shape index (κ2) is 4.66. The van der Waals surface area contributed by atoms with Crippen LogP contribution in [0.1, 0.15) is 26.2 Å². The third kappa shape index (κ3) is 2.74. The van der Waals surface area contributed by atoms with Crippen LogP contribution in [0.4, 0.5) is 0 Å². The summed E-state index contributed by atoms with van der Waals surface area (Å²) in [7, 11) is 0. The molecule has 0 aromatic carbocycles. The molecule has 1 unspecified atom stereocenters. The van der Waals surface area contributed by atoms with Crippen LogP contribution in [-0.2, 0) is 0 Å². The van der Waals surface area contributed by atoms with E-state index in [1.807, 2.05) is 0 Å². The molecule has 0 heterocycles. The first-order valence-electron chi connectivity index (χ1n) is 4.24. The highest BCUT2D eigenvalue weighted by atomic mass is 32.2. The van der Waals surface area contributed by atoms with E-state index >= 15 is 0 Å². The van der Waals surface area contributed by atoms with Crippen molar-refractivity contribution in [3.8, 4) is 0 Å². The SMILES string of the molecule is CS/C=C\C1=CCCCC1C.